The first-order chi connectivity index (χ1) is 12.3. The number of carbonyl (C=O) groups is 2. The standard InChI is InChI=1S/C19H24ClNO5.K/c1-12-9-14(20)10-13(2)15(12)11-16(22)21-18(17(23)24)3-5-19(6-4-18)25-7-8-26-19;/h9-10H,3-8,11H2,1-2H3,(H,21,22)(H,23,24);/q;+1/p-1. The van der Waals surface area contributed by atoms with Crippen LogP contribution in [0.4, 0.5) is 0 Å². The van der Waals surface area contributed by atoms with E-state index < -0.39 is 17.3 Å². The first-order valence-electron chi connectivity index (χ1n) is 8.81. The fourth-order valence-corrected chi connectivity index (χ4v) is 4.24. The van der Waals surface area contributed by atoms with Gasteiger partial charge in [0.15, 0.2) is 5.79 Å². The second-order valence-electron chi connectivity index (χ2n) is 7.22. The molecule has 2 aliphatic rings. The van der Waals surface area contributed by atoms with Gasteiger partial charge in [-0.3, -0.25) is 4.79 Å². The molecule has 1 aliphatic carbocycles. The fraction of sp³-hybridized carbons (Fsp3) is 0.579. The first kappa shape index (κ1) is 23.3. The largest absolute Gasteiger partial charge is 1.00 e. The third-order valence-electron chi connectivity index (χ3n) is 5.45. The molecule has 1 saturated heterocycles. The first-order valence-corrected chi connectivity index (χ1v) is 9.19. The molecule has 0 unspecified atom stereocenters. The summed E-state index contributed by atoms with van der Waals surface area (Å²) in [6, 6.07) is 3.59. The summed E-state index contributed by atoms with van der Waals surface area (Å²) in [7, 11) is 0. The molecule has 1 aromatic carbocycles. The Morgan fingerprint density at radius 1 is 1.11 bits per heavy atom. The van der Waals surface area contributed by atoms with E-state index in [9.17, 15) is 14.7 Å². The van der Waals surface area contributed by atoms with Gasteiger partial charge < -0.3 is 24.7 Å². The average molecular weight is 420 g/mol. The van der Waals surface area contributed by atoms with Crippen molar-refractivity contribution in [2.75, 3.05) is 13.2 Å². The Morgan fingerprint density at radius 3 is 2.11 bits per heavy atom. The van der Waals surface area contributed by atoms with Crippen LogP contribution >= 0.6 is 11.6 Å². The zero-order valence-corrected chi connectivity index (χ0v) is 19.9. The molecule has 1 N–H and O–H groups in total. The van der Waals surface area contributed by atoms with Gasteiger partial charge in [-0.1, -0.05) is 11.6 Å². The van der Waals surface area contributed by atoms with Crippen LogP contribution in [-0.4, -0.2) is 36.4 Å². The number of hydrogen-bond acceptors (Lipinski definition) is 5. The van der Waals surface area contributed by atoms with Gasteiger partial charge in [-0.05, 0) is 55.5 Å². The summed E-state index contributed by atoms with van der Waals surface area (Å²) in [6.45, 7) is 4.80. The number of carboxylic acids is 1. The number of nitrogens with one attached hydrogen (secondary N) is 1. The molecule has 142 valence electrons. The van der Waals surface area contributed by atoms with Gasteiger partial charge in [0.1, 0.15) is 0 Å². The van der Waals surface area contributed by atoms with E-state index in [1.54, 1.807) is 12.1 Å². The van der Waals surface area contributed by atoms with Crippen LogP contribution in [-0.2, 0) is 25.5 Å². The predicted molar refractivity (Wildman–Crippen MR) is 93.6 cm³/mol. The predicted octanol–water partition coefficient (Wildman–Crippen LogP) is -1.57. The van der Waals surface area contributed by atoms with Crippen molar-refractivity contribution in [3.05, 3.63) is 33.8 Å². The number of benzene rings is 1. The number of aryl methyl sites for hydroxylation is 2. The van der Waals surface area contributed by atoms with E-state index in [1.165, 1.54) is 0 Å². The Kier molecular flexibility index (Phi) is 7.95. The van der Waals surface area contributed by atoms with Crippen LogP contribution in [0.15, 0.2) is 12.1 Å². The molecule has 1 heterocycles. The van der Waals surface area contributed by atoms with Crippen LogP contribution in [0.1, 0.15) is 42.4 Å². The van der Waals surface area contributed by atoms with Gasteiger partial charge in [-0.2, -0.15) is 0 Å². The van der Waals surface area contributed by atoms with Gasteiger partial charge in [-0.15, -0.1) is 0 Å². The zero-order chi connectivity index (χ0) is 18.9. The normalized spacial score (nSPS) is 20.1. The molecule has 0 bridgehead atoms. The molecular weight excluding hydrogens is 397 g/mol. The third kappa shape index (κ3) is 5.14. The Balaban J connectivity index is 0.00000261. The van der Waals surface area contributed by atoms with E-state index in [-0.39, 0.29) is 76.6 Å². The number of ether oxygens (including phenoxy) is 2. The zero-order valence-electron chi connectivity index (χ0n) is 16.0. The second kappa shape index (κ2) is 9.22. The fourth-order valence-electron chi connectivity index (χ4n) is 3.91. The average Bonchev–Trinajstić information content (AvgIpc) is 3.02. The monoisotopic (exact) mass is 419 g/mol. The van der Waals surface area contributed by atoms with E-state index in [2.05, 4.69) is 5.32 Å². The van der Waals surface area contributed by atoms with Crippen molar-refractivity contribution in [3.63, 3.8) is 0 Å². The molecule has 2 fully saturated rings. The summed E-state index contributed by atoms with van der Waals surface area (Å²) in [6.07, 6.45) is 1.38. The quantitative estimate of drug-likeness (QED) is 0.595. The minimum absolute atomic E-state index is 0. The van der Waals surface area contributed by atoms with Gasteiger partial charge in [0.05, 0.1) is 31.1 Å². The van der Waals surface area contributed by atoms with Crippen molar-refractivity contribution in [1.82, 2.24) is 5.32 Å². The van der Waals surface area contributed by atoms with E-state index in [0.29, 0.717) is 31.1 Å². The van der Waals surface area contributed by atoms with Gasteiger partial charge >= 0.3 is 51.4 Å². The number of amides is 1. The van der Waals surface area contributed by atoms with E-state index in [4.69, 9.17) is 21.1 Å². The minimum atomic E-state index is -1.38. The summed E-state index contributed by atoms with van der Waals surface area (Å²) >= 11 is 6.03. The molecule has 3 rings (SSSR count). The molecule has 6 nitrogen and oxygen atoms in total. The molecule has 0 radical (unpaired) electrons. The summed E-state index contributed by atoms with van der Waals surface area (Å²) in [5, 5.41) is 15.1. The van der Waals surface area contributed by atoms with Crippen molar-refractivity contribution in [3.8, 4) is 0 Å². The number of hydrogen-bond donors (Lipinski definition) is 1. The maximum Gasteiger partial charge on any atom is 1.00 e. The number of halogens is 1. The Morgan fingerprint density at radius 2 is 1.63 bits per heavy atom. The number of rotatable bonds is 4. The minimum Gasteiger partial charge on any atom is -0.548 e. The van der Waals surface area contributed by atoms with Gasteiger partial charge in [0, 0.05) is 17.9 Å². The van der Waals surface area contributed by atoms with Crippen molar-refractivity contribution < 1.29 is 75.6 Å². The number of aliphatic carboxylic acids is 1. The topological polar surface area (TPSA) is 87.7 Å². The van der Waals surface area contributed by atoms with Gasteiger partial charge in [0.2, 0.25) is 5.91 Å². The van der Waals surface area contributed by atoms with Crippen LogP contribution in [0, 0.1) is 13.8 Å². The summed E-state index contributed by atoms with van der Waals surface area (Å²) in [5.41, 5.74) is 1.28. The van der Waals surface area contributed by atoms with Crippen molar-refractivity contribution in [1.29, 1.82) is 0 Å². The van der Waals surface area contributed by atoms with Crippen molar-refractivity contribution in [2.45, 2.75) is 57.3 Å². The molecule has 1 aliphatic heterocycles. The molecule has 1 aromatic rings. The second-order valence-corrected chi connectivity index (χ2v) is 7.66. The number of carbonyl (C=O) groups excluding carboxylic acids is 2. The van der Waals surface area contributed by atoms with Crippen molar-refractivity contribution >= 4 is 23.5 Å². The molecule has 1 amide bonds. The summed E-state index contributed by atoms with van der Waals surface area (Å²) < 4.78 is 11.3. The molecule has 27 heavy (non-hydrogen) atoms. The SMILES string of the molecule is Cc1cc(Cl)cc(C)c1CC(=O)NC1(C(=O)[O-])CCC2(CC1)OCCO2.[K+]. The summed E-state index contributed by atoms with van der Waals surface area (Å²) in [4.78, 5) is 24.4. The Labute approximate surface area is 206 Å². The maximum absolute atomic E-state index is 12.6. The molecule has 8 heteroatoms. The van der Waals surface area contributed by atoms with E-state index in [1.807, 2.05) is 13.8 Å². The Bertz CT molecular complexity index is 700. The smallest absolute Gasteiger partial charge is 0.548 e. The summed E-state index contributed by atoms with van der Waals surface area (Å²) in [5.74, 6) is -2.30. The maximum atomic E-state index is 12.6. The van der Waals surface area contributed by atoms with Crippen molar-refractivity contribution in [2.24, 2.45) is 0 Å². The van der Waals surface area contributed by atoms with E-state index >= 15 is 0 Å². The van der Waals surface area contributed by atoms with Crippen LogP contribution in [0.25, 0.3) is 0 Å². The molecule has 0 aromatic heterocycles. The van der Waals surface area contributed by atoms with Gasteiger partial charge in [0.25, 0.3) is 0 Å². The van der Waals surface area contributed by atoms with E-state index in [0.717, 1.165) is 16.7 Å². The van der Waals surface area contributed by atoms with Crippen LogP contribution < -0.4 is 61.8 Å². The van der Waals surface area contributed by atoms with Gasteiger partial charge in [-0.25, -0.2) is 0 Å². The molecule has 1 saturated carbocycles. The molecule has 0 atom stereocenters. The number of carboxylic acid groups (broad SMARTS) is 1. The van der Waals surface area contributed by atoms with Crippen LogP contribution in [0.3, 0.4) is 0 Å². The molecular formula is C19H23ClKNO5. The van der Waals surface area contributed by atoms with Crippen LogP contribution in [0.2, 0.25) is 5.02 Å². The third-order valence-corrected chi connectivity index (χ3v) is 5.66. The Hall–Kier alpha value is 0.00636. The van der Waals surface area contributed by atoms with Crippen LogP contribution in [0.5, 0.6) is 0 Å². The molecule has 1 spiro atoms.